The highest BCUT2D eigenvalue weighted by molar-refractivity contribution is 9.10. The van der Waals surface area contributed by atoms with E-state index < -0.39 is 6.10 Å². The minimum Gasteiger partial charge on any atom is -0.388 e. The van der Waals surface area contributed by atoms with Crippen LogP contribution in [0.1, 0.15) is 42.6 Å². The number of aliphatic hydroxyl groups is 1. The van der Waals surface area contributed by atoms with Crippen LogP contribution in [0, 0.1) is 0 Å². The Morgan fingerprint density at radius 1 is 0.950 bits per heavy atom. The van der Waals surface area contributed by atoms with Crippen molar-refractivity contribution in [2.24, 2.45) is 0 Å². The molecule has 0 aliphatic carbocycles. The maximum Gasteiger partial charge on any atom is 0.0830 e. The number of halogens is 1. The minimum atomic E-state index is -0.434. The van der Waals surface area contributed by atoms with Crippen molar-refractivity contribution in [3.63, 3.8) is 0 Å². The topological polar surface area (TPSA) is 20.2 Å². The molecule has 0 heterocycles. The standard InChI is InChI=1S/C18H21BrO/c1-2-3-4-14-5-9-16(10-6-14)18(20)13-15-7-11-17(19)12-8-15/h5-12,18,20H,2-4,13H2,1H3. The van der Waals surface area contributed by atoms with Gasteiger partial charge in [-0.25, -0.2) is 0 Å². The maximum atomic E-state index is 10.3. The molecule has 0 bridgehead atoms. The van der Waals surface area contributed by atoms with E-state index in [2.05, 4.69) is 47.1 Å². The first kappa shape index (κ1) is 15.3. The SMILES string of the molecule is CCCCc1ccc(C(O)Cc2ccc(Br)cc2)cc1. The van der Waals surface area contributed by atoms with Crippen molar-refractivity contribution in [3.05, 3.63) is 69.7 Å². The van der Waals surface area contributed by atoms with Crippen molar-refractivity contribution in [1.29, 1.82) is 0 Å². The summed E-state index contributed by atoms with van der Waals surface area (Å²) in [6, 6.07) is 16.5. The molecule has 0 amide bonds. The van der Waals surface area contributed by atoms with Crippen LogP contribution in [-0.2, 0) is 12.8 Å². The quantitative estimate of drug-likeness (QED) is 0.783. The summed E-state index contributed by atoms with van der Waals surface area (Å²) in [5.74, 6) is 0. The summed E-state index contributed by atoms with van der Waals surface area (Å²) < 4.78 is 1.07. The number of unbranched alkanes of at least 4 members (excludes halogenated alkanes) is 1. The van der Waals surface area contributed by atoms with E-state index in [0.717, 1.165) is 22.0 Å². The lowest BCUT2D eigenvalue weighted by Gasteiger charge is -2.12. The summed E-state index contributed by atoms with van der Waals surface area (Å²) in [4.78, 5) is 0. The Morgan fingerprint density at radius 3 is 2.15 bits per heavy atom. The highest BCUT2D eigenvalue weighted by atomic mass is 79.9. The lowest BCUT2D eigenvalue weighted by molar-refractivity contribution is 0.178. The van der Waals surface area contributed by atoms with Crippen LogP contribution in [0.15, 0.2) is 53.0 Å². The fourth-order valence-corrected chi connectivity index (χ4v) is 2.51. The Morgan fingerprint density at radius 2 is 1.55 bits per heavy atom. The van der Waals surface area contributed by atoms with Gasteiger partial charge in [-0.1, -0.05) is 65.7 Å². The zero-order chi connectivity index (χ0) is 14.4. The third-order valence-electron chi connectivity index (χ3n) is 3.53. The molecule has 2 aromatic carbocycles. The monoisotopic (exact) mass is 332 g/mol. The average Bonchev–Trinajstić information content (AvgIpc) is 2.48. The lowest BCUT2D eigenvalue weighted by atomic mass is 9.99. The Kier molecular flexibility index (Phi) is 5.81. The van der Waals surface area contributed by atoms with Crippen molar-refractivity contribution in [1.82, 2.24) is 0 Å². The largest absolute Gasteiger partial charge is 0.388 e. The molecular formula is C18H21BrO. The van der Waals surface area contributed by atoms with E-state index in [9.17, 15) is 5.11 Å². The van der Waals surface area contributed by atoms with Crippen LogP contribution < -0.4 is 0 Å². The molecular weight excluding hydrogens is 312 g/mol. The van der Waals surface area contributed by atoms with Crippen LogP contribution in [0.3, 0.4) is 0 Å². The second-order valence-electron chi connectivity index (χ2n) is 5.19. The predicted molar refractivity (Wildman–Crippen MR) is 87.9 cm³/mol. The molecule has 1 unspecified atom stereocenters. The third-order valence-corrected chi connectivity index (χ3v) is 4.05. The summed E-state index contributed by atoms with van der Waals surface area (Å²) in [5.41, 5.74) is 3.50. The molecule has 0 radical (unpaired) electrons. The molecule has 2 aromatic rings. The molecule has 1 atom stereocenters. The summed E-state index contributed by atoms with van der Waals surface area (Å²) in [6.07, 6.45) is 3.78. The van der Waals surface area contributed by atoms with Gasteiger partial charge in [0.2, 0.25) is 0 Å². The summed E-state index contributed by atoms with van der Waals surface area (Å²) in [5, 5.41) is 10.3. The van der Waals surface area contributed by atoms with Crippen LogP contribution in [0.4, 0.5) is 0 Å². The van der Waals surface area contributed by atoms with Gasteiger partial charge in [-0.2, -0.15) is 0 Å². The Labute approximate surface area is 129 Å². The van der Waals surface area contributed by atoms with Gasteiger partial charge < -0.3 is 5.11 Å². The van der Waals surface area contributed by atoms with Gasteiger partial charge >= 0.3 is 0 Å². The van der Waals surface area contributed by atoms with Crippen molar-refractivity contribution >= 4 is 15.9 Å². The third kappa shape index (κ3) is 4.46. The van der Waals surface area contributed by atoms with E-state index in [-0.39, 0.29) is 0 Å². The van der Waals surface area contributed by atoms with Gasteiger partial charge in [-0.15, -0.1) is 0 Å². The summed E-state index contributed by atoms with van der Waals surface area (Å²) in [7, 11) is 0. The number of aliphatic hydroxyl groups excluding tert-OH is 1. The fraction of sp³-hybridized carbons (Fsp3) is 0.333. The first-order chi connectivity index (χ1) is 9.69. The molecule has 0 aliphatic heterocycles. The molecule has 2 rings (SSSR count). The van der Waals surface area contributed by atoms with Gasteiger partial charge in [0.15, 0.2) is 0 Å². The van der Waals surface area contributed by atoms with Crippen LogP contribution in [-0.4, -0.2) is 5.11 Å². The molecule has 1 N–H and O–H groups in total. The van der Waals surface area contributed by atoms with Gasteiger partial charge in [-0.05, 0) is 41.7 Å². The van der Waals surface area contributed by atoms with Crippen molar-refractivity contribution in [2.45, 2.75) is 38.7 Å². The maximum absolute atomic E-state index is 10.3. The molecule has 0 spiro atoms. The molecule has 106 valence electrons. The van der Waals surface area contributed by atoms with Crippen molar-refractivity contribution in [3.8, 4) is 0 Å². The number of hydrogen-bond acceptors (Lipinski definition) is 1. The molecule has 2 heteroatoms. The molecule has 0 aromatic heterocycles. The zero-order valence-corrected chi connectivity index (χ0v) is 13.4. The number of hydrogen-bond donors (Lipinski definition) is 1. The molecule has 20 heavy (non-hydrogen) atoms. The van der Waals surface area contributed by atoms with E-state index in [1.165, 1.54) is 18.4 Å². The highest BCUT2D eigenvalue weighted by Gasteiger charge is 2.08. The summed E-state index contributed by atoms with van der Waals surface area (Å²) >= 11 is 3.42. The Bertz CT molecular complexity index is 516. The van der Waals surface area contributed by atoms with Crippen LogP contribution >= 0.6 is 15.9 Å². The number of rotatable bonds is 6. The van der Waals surface area contributed by atoms with E-state index in [1.807, 2.05) is 24.3 Å². The van der Waals surface area contributed by atoms with E-state index in [0.29, 0.717) is 6.42 Å². The normalized spacial score (nSPS) is 12.3. The van der Waals surface area contributed by atoms with E-state index in [4.69, 9.17) is 0 Å². The number of benzene rings is 2. The van der Waals surface area contributed by atoms with Gasteiger partial charge in [-0.3, -0.25) is 0 Å². The van der Waals surface area contributed by atoms with Crippen LogP contribution in [0.5, 0.6) is 0 Å². The molecule has 0 saturated heterocycles. The molecule has 0 fully saturated rings. The first-order valence-corrected chi connectivity index (χ1v) is 7.99. The number of aryl methyl sites for hydroxylation is 1. The fourth-order valence-electron chi connectivity index (χ4n) is 2.25. The lowest BCUT2D eigenvalue weighted by Crippen LogP contribution is -2.02. The predicted octanol–water partition coefficient (Wildman–Crippen LogP) is 5.07. The average molecular weight is 333 g/mol. The van der Waals surface area contributed by atoms with E-state index >= 15 is 0 Å². The highest BCUT2D eigenvalue weighted by Crippen LogP contribution is 2.20. The van der Waals surface area contributed by atoms with Gasteiger partial charge in [0.05, 0.1) is 6.10 Å². The minimum absolute atomic E-state index is 0.434. The van der Waals surface area contributed by atoms with Crippen LogP contribution in [0.2, 0.25) is 0 Å². The first-order valence-electron chi connectivity index (χ1n) is 7.20. The molecule has 1 nitrogen and oxygen atoms in total. The van der Waals surface area contributed by atoms with Gasteiger partial charge in [0, 0.05) is 10.9 Å². The molecule has 0 aliphatic rings. The van der Waals surface area contributed by atoms with Crippen LogP contribution in [0.25, 0.3) is 0 Å². The smallest absolute Gasteiger partial charge is 0.0830 e. The van der Waals surface area contributed by atoms with Crippen molar-refractivity contribution in [2.75, 3.05) is 0 Å². The summed E-state index contributed by atoms with van der Waals surface area (Å²) in [6.45, 7) is 2.20. The van der Waals surface area contributed by atoms with Gasteiger partial charge in [0.1, 0.15) is 0 Å². The Balaban J connectivity index is 1.98. The second-order valence-corrected chi connectivity index (χ2v) is 6.11. The van der Waals surface area contributed by atoms with E-state index in [1.54, 1.807) is 0 Å². The Hall–Kier alpha value is -1.12. The van der Waals surface area contributed by atoms with Crippen molar-refractivity contribution < 1.29 is 5.11 Å². The van der Waals surface area contributed by atoms with Gasteiger partial charge in [0.25, 0.3) is 0 Å². The second kappa shape index (κ2) is 7.61. The molecule has 0 saturated carbocycles. The zero-order valence-electron chi connectivity index (χ0n) is 11.8.